The van der Waals surface area contributed by atoms with Crippen molar-refractivity contribution in [1.29, 1.82) is 0 Å². The van der Waals surface area contributed by atoms with Gasteiger partial charge < -0.3 is 10.1 Å². The minimum absolute atomic E-state index is 0.443. The number of hydrogen-bond acceptors (Lipinski definition) is 6. The van der Waals surface area contributed by atoms with Gasteiger partial charge in [0.15, 0.2) is 5.82 Å². The van der Waals surface area contributed by atoms with Crippen LogP contribution in [-0.4, -0.2) is 45.6 Å². The average molecular weight is 293 g/mol. The molecule has 108 valence electrons. The molecular formula is C13H19N5OS. The van der Waals surface area contributed by atoms with Gasteiger partial charge in [-0.3, -0.25) is 0 Å². The first-order valence-electron chi connectivity index (χ1n) is 7.42. The zero-order valence-electron chi connectivity index (χ0n) is 11.4. The minimum Gasteiger partial charge on any atom is -0.381 e. The van der Waals surface area contributed by atoms with Gasteiger partial charge in [0.05, 0.1) is 0 Å². The van der Waals surface area contributed by atoms with Crippen LogP contribution in [-0.2, 0) is 11.2 Å². The number of rotatable bonds is 5. The third-order valence-electron chi connectivity index (χ3n) is 3.99. The summed E-state index contributed by atoms with van der Waals surface area (Å²) in [7, 11) is 0. The molecule has 1 saturated carbocycles. The van der Waals surface area contributed by atoms with Crippen molar-refractivity contribution in [3.05, 3.63) is 10.8 Å². The van der Waals surface area contributed by atoms with E-state index < -0.39 is 0 Å². The molecule has 7 heteroatoms. The molecule has 1 aliphatic heterocycles. The topological polar surface area (TPSA) is 64.3 Å². The van der Waals surface area contributed by atoms with Gasteiger partial charge in [0.1, 0.15) is 5.01 Å². The summed E-state index contributed by atoms with van der Waals surface area (Å²) >= 11 is 1.66. The monoisotopic (exact) mass is 293 g/mol. The van der Waals surface area contributed by atoms with Crippen molar-refractivity contribution in [3.63, 3.8) is 0 Å². The van der Waals surface area contributed by atoms with E-state index >= 15 is 0 Å². The van der Waals surface area contributed by atoms with Crippen molar-refractivity contribution >= 4 is 16.3 Å². The van der Waals surface area contributed by atoms with Crippen LogP contribution in [0.5, 0.6) is 0 Å². The standard InChI is InChI=1S/C13H19N5OS/c1-2-10(1)14-6-3-11-17-18-12(15-16-13(18)20-11)9-4-7-19-8-5-9/h9-10,14H,1-8H2. The summed E-state index contributed by atoms with van der Waals surface area (Å²) in [5, 5.41) is 18.0. The van der Waals surface area contributed by atoms with Gasteiger partial charge >= 0.3 is 0 Å². The summed E-state index contributed by atoms with van der Waals surface area (Å²) in [4.78, 5) is 0.924. The lowest BCUT2D eigenvalue weighted by atomic mass is 10.00. The van der Waals surface area contributed by atoms with Gasteiger partial charge in [0.2, 0.25) is 4.96 Å². The number of ether oxygens (including phenoxy) is 1. The summed E-state index contributed by atoms with van der Waals surface area (Å²) in [6.45, 7) is 2.66. The maximum Gasteiger partial charge on any atom is 0.234 e. The zero-order chi connectivity index (χ0) is 13.4. The SMILES string of the molecule is C(Cc1nn2c(C3CCOCC3)nnc2s1)NC1CC1. The number of hydrogen-bond donors (Lipinski definition) is 1. The van der Waals surface area contributed by atoms with E-state index in [0.717, 1.165) is 60.9 Å². The van der Waals surface area contributed by atoms with E-state index in [1.807, 2.05) is 4.52 Å². The Bertz CT molecular complexity index is 585. The molecule has 0 amide bonds. The smallest absolute Gasteiger partial charge is 0.234 e. The fourth-order valence-electron chi connectivity index (χ4n) is 2.65. The quantitative estimate of drug-likeness (QED) is 0.902. The van der Waals surface area contributed by atoms with Gasteiger partial charge in [-0.2, -0.15) is 9.61 Å². The van der Waals surface area contributed by atoms with Gasteiger partial charge in [-0.05, 0) is 25.7 Å². The normalized spacial score (nSPS) is 20.8. The van der Waals surface area contributed by atoms with Crippen molar-refractivity contribution in [2.45, 2.75) is 44.1 Å². The predicted octanol–water partition coefficient (Wildman–Crippen LogP) is 1.37. The molecule has 2 aromatic heterocycles. The molecule has 0 atom stereocenters. The highest BCUT2D eigenvalue weighted by Gasteiger charge is 2.23. The molecule has 0 radical (unpaired) electrons. The van der Waals surface area contributed by atoms with Crippen molar-refractivity contribution in [2.75, 3.05) is 19.8 Å². The highest BCUT2D eigenvalue weighted by molar-refractivity contribution is 7.16. The van der Waals surface area contributed by atoms with Crippen LogP contribution in [0.1, 0.15) is 42.4 Å². The molecular weight excluding hydrogens is 274 g/mol. The summed E-state index contributed by atoms with van der Waals surface area (Å²) in [5.41, 5.74) is 0. The zero-order valence-corrected chi connectivity index (χ0v) is 12.2. The van der Waals surface area contributed by atoms with Crippen LogP contribution < -0.4 is 5.32 Å². The lowest BCUT2D eigenvalue weighted by Crippen LogP contribution is -2.19. The van der Waals surface area contributed by atoms with E-state index in [1.54, 1.807) is 11.3 Å². The fourth-order valence-corrected chi connectivity index (χ4v) is 3.49. The third kappa shape index (κ3) is 2.57. The molecule has 1 saturated heterocycles. The largest absolute Gasteiger partial charge is 0.381 e. The van der Waals surface area contributed by atoms with Crippen LogP contribution in [0, 0.1) is 0 Å². The van der Waals surface area contributed by atoms with E-state index in [9.17, 15) is 0 Å². The highest BCUT2D eigenvalue weighted by atomic mass is 32.1. The first-order valence-corrected chi connectivity index (χ1v) is 8.24. The Morgan fingerprint density at radius 2 is 2.05 bits per heavy atom. The molecule has 20 heavy (non-hydrogen) atoms. The summed E-state index contributed by atoms with van der Waals surface area (Å²) in [6.07, 6.45) is 5.70. The molecule has 1 aliphatic carbocycles. The summed E-state index contributed by atoms with van der Waals surface area (Å²) < 4.78 is 7.36. The van der Waals surface area contributed by atoms with Crippen molar-refractivity contribution in [3.8, 4) is 0 Å². The van der Waals surface area contributed by atoms with Crippen LogP contribution in [0.4, 0.5) is 0 Å². The predicted molar refractivity (Wildman–Crippen MR) is 76.2 cm³/mol. The molecule has 0 unspecified atom stereocenters. The molecule has 6 nitrogen and oxygen atoms in total. The lowest BCUT2D eigenvalue weighted by Gasteiger charge is -2.19. The molecule has 0 bridgehead atoms. The van der Waals surface area contributed by atoms with E-state index in [2.05, 4.69) is 15.5 Å². The number of aromatic nitrogens is 4. The number of nitrogens with zero attached hydrogens (tertiary/aromatic N) is 4. The van der Waals surface area contributed by atoms with Crippen molar-refractivity contribution < 1.29 is 4.74 Å². The Labute approximate surface area is 121 Å². The Morgan fingerprint density at radius 3 is 2.85 bits per heavy atom. The van der Waals surface area contributed by atoms with E-state index in [4.69, 9.17) is 9.84 Å². The summed E-state index contributed by atoms with van der Waals surface area (Å²) in [5.74, 6) is 1.46. The maximum atomic E-state index is 5.41. The average Bonchev–Trinajstić information content (AvgIpc) is 3.08. The Balaban J connectivity index is 1.48. The van der Waals surface area contributed by atoms with E-state index in [1.165, 1.54) is 12.8 Å². The molecule has 2 aliphatic rings. The molecule has 4 rings (SSSR count). The molecule has 0 spiro atoms. The molecule has 2 fully saturated rings. The molecule has 2 aromatic rings. The summed E-state index contributed by atoms with van der Waals surface area (Å²) in [6, 6.07) is 0.763. The fraction of sp³-hybridized carbons (Fsp3) is 0.769. The van der Waals surface area contributed by atoms with Crippen molar-refractivity contribution in [2.24, 2.45) is 0 Å². The molecule has 0 aromatic carbocycles. The second kappa shape index (κ2) is 5.38. The van der Waals surface area contributed by atoms with Crippen molar-refractivity contribution in [1.82, 2.24) is 25.1 Å². The Hall–Kier alpha value is -1.05. The van der Waals surface area contributed by atoms with Gasteiger partial charge in [-0.1, -0.05) is 11.3 Å². The molecule has 3 heterocycles. The van der Waals surface area contributed by atoms with Gasteiger partial charge in [0, 0.05) is 38.1 Å². The highest BCUT2D eigenvalue weighted by Crippen LogP contribution is 2.27. The minimum atomic E-state index is 0.443. The van der Waals surface area contributed by atoms with Crippen LogP contribution in [0.15, 0.2) is 0 Å². The maximum absolute atomic E-state index is 5.41. The Morgan fingerprint density at radius 1 is 1.20 bits per heavy atom. The van der Waals surface area contributed by atoms with Gasteiger partial charge in [-0.25, -0.2) is 0 Å². The second-order valence-electron chi connectivity index (χ2n) is 5.61. The second-order valence-corrected chi connectivity index (χ2v) is 6.65. The van der Waals surface area contributed by atoms with Gasteiger partial charge in [-0.15, -0.1) is 10.2 Å². The number of fused-ring (bicyclic) bond motifs is 1. The van der Waals surface area contributed by atoms with Crippen LogP contribution >= 0.6 is 11.3 Å². The van der Waals surface area contributed by atoms with Crippen LogP contribution in [0.2, 0.25) is 0 Å². The molecule has 1 N–H and O–H groups in total. The van der Waals surface area contributed by atoms with E-state index in [0.29, 0.717) is 5.92 Å². The third-order valence-corrected chi connectivity index (χ3v) is 4.95. The van der Waals surface area contributed by atoms with Crippen LogP contribution in [0.25, 0.3) is 4.96 Å². The van der Waals surface area contributed by atoms with Crippen LogP contribution in [0.3, 0.4) is 0 Å². The first-order chi connectivity index (χ1) is 9.90. The Kier molecular flexibility index (Phi) is 3.41. The first kappa shape index (κ1) is 12.7. The van der Waals surface area contributed by atoms with Gasteiger partial charge in [0.25, 0.3) is 0 Å². The number of nitrogens with one attached hydrogen (secondary N) is 1. The lowest BCUT2D eigenvalue weighted by molar-refractivity contribution is 0.0831. The van der Waals surface area contributed by atoms with E-state index in [-0.39, 0.29) is 0 Å².